The molecule has 2 aliphatic rings. The second-order valence-corrected chi connectivity index (χ2v) is 20.0. The van der Waals surface area contributed by atoms with Crippen LogP contribution in [0.1, 0.15) is 152 Å². The van der Waals surface area contributed by atoms with Crippen LogP contribution in [0.2, 0.25) is 0 Å². The van der Waals surface area contributed by atoms with Crippen LogP contribution in [0, 0.1) is 34.5 Å². The number of benzene rings is 2. The molecule has 2 aromatic rings. The first-order valence-corrected chi connectivity index (χ1v) is 21.2. The van der Waals surface area contributed by atoms with Crippen LogP contribution >= 0.6 is 0 Å². The van der Waals surface area contributed by atoms with Crippen LogP contribution in [0.5, 0.6) is 0 Å². The van der Waals surface area contributed by atoms with Crippen molar-refractivity contribution in [3.63, 3.8) is 0 Å². The van der Waals surface area contributed by atoms with Gasteiger partial charge >= 0.3 is 156 Å². The van der Waals surface area contributed by atoms with Crippen molar-refractivity contribution in [3.8, 4) is 0 Å². The van der Waals surface area contributed by atoms with E-state index in [9.17, 15) is 10.2 Å². The largest absolute Gasteiger partial charge is 0.389 e. The molecule has 280 valence electrons. The van der Waals surface area contributed by atoms with E-state index in [1.807, 2.05) is 6.08 Å². The molecule has 2 N–H and O–H groups in total. The van der Waals surface area contributed by atoms with Crippen molar-refractivity contribution in [2.75, 3.05) is 0 Å². The average molecular weight is 768 g/mol. The molecule has 2 aromatic carbocycles. The Kier molecular flexibility index (Phi) is 16.7. The van der Waals surface area contributed by atoms with Gasteiger partial charge in [-0.15, -0.1) is 0 Å². The van der Waals surface area contributed by atoms with Gasteiger partial charge in [-0.25, -0.2) is 0 Å². The maximum Gasteiger partial charge on any atom is 0.0758 e. The Morgan fingerprint density at radius 3 is 1.78 bits per heavy atom. The fraction of sp³-hybridized carbons (Fsp3) is 0.630. The smallest absolute Gasteiger partial charge is 0.0758 e. The second-order valence-electron chi connectivity index (χ2n) is 18.5. The van der Waals surface area contributed by atoms with Crippen molar-refractivity contribution >= 4 is 10.1 Å². The van der Waals surface area contributed by atoms with Crippen molar-refractivity contribution in [1.82, 2.24) is 0 Å². The van der Waals surface area contributed by atoms with Gasteiger partial charge in [0, 0.05) is 0 Å². The van der Waals surface area contributed by atoms with Crippen molar-refractivity contribution in [2.45, 2.75) is 153 Å². The quantitative estimate of drug-likeness (QED) is 0.235. The van der Waals surface area contributed by atoms with Gasteiger partial charge in [-0.3, -0.25) is 0 Å². The van der Waals surface area contributed by atoms with Crippen LogP contribution in [-0.4, -0.2) is 26.8 Å². The van der Waals surface area contributed by atoms with Crippen molar-refractivity contribution in [2.24, 2.45) is 38.0 Å². The minimum Gasteiger partial charge on any atom is -0.389 e. The van der Waals surface area contributed by atoms with Gasteiger partial charge in [-0.1, -0.05) is 80.0 Å². The van der Waals surface area contributed by atoms with Crippen LogP contribution in [0.3, 0.4) is 0 Å². The molecule has 6 atom stereocenters. The number of hydrogen-bond acceptors (Lipinski definition) is 3. The summed E-state index contributed by atoms with van der Waals surface area (Å²) >= 11 is -0.553. The second kappa shape index (κ2) is 18.8. The molecule has 0 aromatic heterocycles. The topological polar surface area (TPSA) is 52.8 Å². The summed E-state index contributed by atoms with van der Waals surface area (Å²) in [6.07, 6.45) is 5.88. The summed E-state index contributed by atoms with van der Waals surface area (Å²) in [6, 6.07) is 17.4. The van der Waals surface area contributed by atoms with Gasteiger partial charge in [-0.2, -0.15) is 0 Å². The van der Waals surface area contributed by atoms with Gasteiger partial charge in [0.25, 0.3) is 0 Å². The molecule has 3 nitrogen and oxygen atoms in total. The third-order valence-electron chi connectivity index (χ3n) is 10.9. The SMILES string of the molecule is CC(C)c1cccc(C(C)C)c1[N]=[Mo]=[CH]C(C)(C)c1ccccc1.CC1=CC(O)C(C(C)(C)C)CC1C.CC1C=C(C(C)(C)C)C(O)C[C@@H]1C. The van der Waals surface area contributed by atoms with Crippen LogP contribution < -0.4 is 0 Å². The molecular formula is C46H73MoNO2. The Morgan fingerprint density at radius 2 is 1.30 bits per heavy atom. The molecule has 0 aliphatic heterocycles. The number of aliphatic hydroxyl groups excluding tert-OH is 2. The summed E-state index contributed by atoms with van der Waals surface area (Å²) in [5, 5.41) is 19.8. The van der Waals surface area contributed by atoms with E-state index >= 15 is 0 Å². The van der Waals surface area contributed by atoms with Crippen molar-refractivity contribution in [3.05, 3.63) is 88.5 Å². The number of nitrogens with zero attached hydrogens (tertiary/aromatic N) is 1. The third kappa shape index (κ3) is 13.0. The minimum atomic E-state index is -0.553. The summed E-state index contributed by atoms with van der Waals surface area (Å²) < 4.78 is 7.59. The molecular weight excluding hydrogens is 694 g/mol. The van der Waals surface area contributed by atoms with E-state index < -0.39 is 17.9 Å². The van der Waals surface area contributed by atoms with Gasteiger partial charge < -0.3 is 10.2 Å². The third-order valence-corrected chi connectivity index (χ3v) is 13.3. The summed E-state index contributed by atoms with van der Waals surface area (Å²) in [4.78, 5) is 0. The van der Waals surface area contributed by atoms with Gasteiger partial charge in [0.1, 0.15) is 0 Å². The molecule has 0 radical (unpaired) electrons. The Labute approximate surface area is 316 Å². The Morgan fingerprint density at radius 1 is 0.760 bits per heavy atom. The first-order valence-electron chi connectivity index (χ1n) is 19.1. The van der Waals surface area contributed by atoms with E-state index in [0.717, 1.165) is 12.8 Å². The number of hydrogen-bond donors (Lipinski definition) is 2. The molecule has 0 saturated heterocycles. The van der Waals surface area contributed by atoms with Gasteiger partial charge in [0.05, 0.1) is 12.2 Å². The molecule has 0 heterocycles. The van der Waals surface area contributed by atoms with Crippen molar-refractivity contribution < 1.29 is 28.1 Å². The predicted molar refractivity (Wildman–Crippen MR) is 215 cm³/mol. The number of allylic oxidation sites excluding steroid dienone is 2. The van der Waals surface area contributed by atoms with Crippen LogP contribution in [0.15, 0.2) is 75.3 Å². The fourth-order valence-electron chi connectivity index (χ4n) is 6.89. The van der Waals surface area contributed by atoms with E-state index in [2.05, 4.69) is 170 Å². The maximum absolute atomic E-state index is 9.92. The van der Waals surface area contributed by atoms with Crippen molar-refractivity contribution in [1.29, 1.82) is 0 Å². The number of aliphatic hydroxyl groups is 2. The predicted octanol–water partition coefficient (Wildman–Crippen LogP) is 12.6. The molecule has 50 heavy (non-hydrogen) atoms. The van der Waals surface area contributed by atoms with E-state index in [-0.39, 0.29) is 28.5 Å². The van der Waals surface area contributed by atoms with Crippen LogP contribution in [0.25, 0.3) is 0 Å². The summed E-state index contributed by atoms with van der Waals surface area (Å²) in [7, 11) is 0. The molecule has 2 aliphatic carbocycles. The van der Waals surface area contributed by atoms with Crippen LogP contribution in [0.4, 0.5) is 5.69 Å². The molecule has 0 spiro atoms. The molecule has 0 fully saturated rings. The molecule has 0 bridgehead atoms. The first-order chi connectivity index (χ1) is 23.0. The normalized spacial score (nSPS) is 24.2. The minimum absolute atomic E-state index is 0.0811. The zero-order valence-electron chi connectivity index (χ0n) is 34.6. The van der Waals surface area contributed by atoms with Gasteiger partial charge in [-0.05, 0) is 59.8 Å². The molecule has 0 saturated carbocycles. The molecule has 4 heteroatoms. The van der Waals surface area contributed by atoms with Gasteiger partial charge in [0.15, 0.2) is 0 Å². The Bertz CT molecular complexity index is 1450. The molecule has 5 unspecified atom stereocenters. The average Bonchev–Trinajstić information content (AvgIpc) is 3.00. The molecule has 0 amide bonds. The Balaban J connectivity index is 0.000000283. The molecule has 4 rings (SSSR count). The summed E-state index contributed by atoms with van der Waals surface area (Å²) in [5.41, 5.74) is 8.37. The van der Waals surface area contributed by atoms with Gasteiger partial charge in [0.2, 0.25) is 0 Å². The Hall–Kier alpha value is -1.80. The zero-order valence-corrected chi connectivity index (χ0v) is 36.6. The fourth-order valence-corrected chi connectivity index (χ4v) is 8.78. The van der Waals surface area contributed by atoms with E-state index in [0.29, 0.717) is 35.5 Å². The van der Waals surface area contributed by atoms with E-state index in [1.54, 1.807) is 0 Å². The first kappa shape index (κ1) is 44.4. The zero-order chi connectivity index (χ0) is 38.2. The monoisotopic (exact) mass is 769 g/mol. The maximum atomic E-state index is 9.92. The standard InChI is InChI=1S/C12H17N.2C12H22O.C10H12.Mo/c1-8(2)10-6-5-7-11(9(3)4)12(10)13;2*1-8-6-10(12(3,4)5)11(13)7-9(8)2;1-10(2,3)9-7-5-4-6-8-9;/h5-9H,1-4H3;7-8,10-11,13H,6H2,1-5H3;6,8-9,11,13H,7H2,1-5H3;1,4-8H,2-3H3;/t;;8?,9-,11?;;/m..0../s1. The number of rotatable bonds is 5. The van der Waals surface area contributed by atoms with E-state index in [1.165, 1.54) is 33.5 Å². The van der Waals surface area contributed by atoms with E-state index in [4.69, 9.17) is 3.50 Å². The van der Waals surface area contributed by atoms with Crippen LogP contribution in [-0.2, 0) is 23.3 Å². The summed E-state index contributed by atoms with van der Waals surface area (Å²) in [5.74, 6) is 3.28. The summed E-state index contributed by atoms with van der Waals surface area (Å²) in [6.45, 7) is 35.6.